The van der Waals surface area contributed by atoms with Crippen molar-refractivity contribution in [1.82, 2.24) is 20.1 Å². The van der Waals surface area contributed by atoms with Gasteiger partial charge >= 0.3 is 6.43 Å². The SMILES string of the molecule is O=C1c2cc(-c3nnc(C(F)F)o3)cnc2CN1C1CCCCC1. The molecule has 0 spiro atoms. The van der Waals surface area contributed by atoms with E-state index < -0.39 is 12.3 Å². The van der Waals surface area contributed by atoms with Gasteiger partial charge in [0, 0.05) is 12.2 Å². The van der Waals surface area contributed by atoms with E-state index in [0.29, 0.717) is 23.4 Å². The number of amides is 1. The Kier molecular flexibility index (Phi) is 3.74. The molecule has 1 aliphatic carbocycles. The number of aromatic nitrogens is 3. The van der Waals surface area contributed by atoms with Crippen LogP contribution < -0.4 is 0 Å². The van der Waals surface area contributed by atoms with E-state index in [9.17, 15) is 13.6 Å². The summed E-state index contributed by atoms with van der Waals surface area (Å²) in [4.78, 5) is 18.9. The molecule has 0 unspecified atom stereocenters. The molecule has 1 saturated carbocycles. The third-order valence-corrected chi connectivity index (χ3v) is 4.67. The largest absolute Gasteiger partial charge is 0.415 e. The van der Waals surface area contributed by atoms with E-state index >= 15 is 0 Å². The van der Waals surface area contributed by atoms with Gasteiger partial charge in [0.1, 0.15) is 0 Å². The first-order valence-corrected chi connectivity index (χ1v) is 8.05. The van der Waals surface area contributed by atoms with Crippen LogP contribution in [0.15, 0.2) is 16.7 Å². The summed E-state index contributed by atoms with van der Waals surface area (Å²) in [6, 6.07) is 1.87. The van der Waals surface area contributed by atoms with Gasteiger partial charge in [-0.3, -0.25) is 9.78 Å². The van der Waals surface area contributed by atoms with Gasteiger partial charge in [-0.05, 0) is 18.9 Å². The molecule has 4 rings (SSSR count). The summed E-state index contributed by atoms with van der Waals surface area (Å²) in [5, 5.41) is 6.91. The van der Waals surface area contributed by atoms with E-state index in [-0.39, 0.29) is 17.8 Å². The van der Waals surface area contributed by atoms with Crippen molar-refractivity contribution in [3.8, 4) is 11.5 Å². The highest BCUT2D eigenvalue weighted by molar-refractivity contribution is 5.98. The van der Waals surface area contributed by atoms with E-state index in [0.717, 1.165) is 25.7 Å². The summed E-state index contributed by atoms with van der Waals surface area (Å²) in [5.74, 6) is -0.843. The van der Waals surface area contributed by atoms with Gasteiger partial charge in [-0.25, -0.2) is 0 Å². The fourth-order valence-corrected chi connectivity index (χ4v) is 3.44. The van der Waals surface area contributed by atoms with Crippen LogP contribution in [-0.2, 0) is 6.54 Å². The van der Waals surface area contributed by atoms with E-state index in [2.05, 4.69) is 15.2 Å². The lowest BCUT2D eigenvalue weighted by Gasteiger charge is -2.30. The average Bonchev–Trinajstić information content (AvgIpc) is 3.21. The van der Waals surface area contributed by atoms with E-state index in [1.807, 2.05) is 4.90 Å². The first kappa shape index (κ1) is 15.2. The summed E-state index contributed by atoms with van der Waals surface area (Å²) in [5.41, 5.74) is 1.59. The predicted octanol–water partition coefficient (Wildman–Crippen LogP) is 3.36. The van der Waals surface area contributed by atoms with E-state index in [4.69, 9.17) is 4.42 Å². The van der Waals surface area contributed by atoms with Crippen LogP contribution in [-0.4, -0.2) is 32.0 Å². The molecular formula is C16H16F2N4O2. The van der Waals surface area contributed by atoms with Crippen LogP contribution in [0.3, 0.4) is 0 Å². The highest BCUT2D eigenvalue weighted by atomic mass is 19.3. The molecule has 0 radical (unpaired) electrons. The monoisotopic (exact) mass is 334 g/mol. The molecule has 24 heavy (non-hydrogen) atoms. The number of pyridine rings is 1. The number of rotatable bonds is 3. The molecule has 2 aromatic rings. The lowest BCUT2D eigenvalue weighted by molar-refractivity contribution is 0.0659. The molecule has 0 saturated heterocycles. The van der Waals surface area contributed by atoms with Crippen LogP contribution in [0.5, 0.6) is 0 Å². The Hall–Kier alpha value is -2.38. The maximum atomic E-state index is 12.7. The summed E-state index contributed by atoms with van der Waals surface area (Å²) >= 11 is 0. The quantitative estimate of drug-likeness (QED) is 0.860. The minimum Gasteiger partial charge on any atom is -0.415 e. The van der Waals surface area contributed by atoms with Crippen LogP contribution in [0.2, 0.25) is 0 Å². The number of fused-ring (bicyclic) bond motifs is 1. The van der Waals surface area contributed by atoms with Gasteiger partial charge in [0.25, 0.3) is 11.8 Å². The number of hydrogen-bond donors (Lipinski definition) is 0. The summed E-state index contributed by atoms with van der Waals surface area (Å²) in [7, 11) is 0. The van der Waals surface area contributed by atoms with Crippen LogP contribution >= 0.6 is 0 Å². The van der Waals surface area contributed by atoms with Crippen LogP contribution in [0, 0.1) is 0 Å². The van der Waals surface area contributed by atoms with Gasteiger partial charge in [0.15, 0.2) is 0 Å². The molecule has 2 aromatic heterocycles. The molecule has 3 heterocycles. The summed E-state index contributed by atoms with van der Waals surface area (Å²) < 4.78 is 30.1. The van der Waals surface area contributed by atoms with Gasteiger partial charge in [0.2, 0.25) is 5.89 Å². The van der Waals surface area contributed by atoms with Crippen molar-refractivity contribution in [1.29, 1.82) is 0 Å². The van der Waals surface area contributed by atoms with Crippen LogP contribution in [0.1, 0.15) is 60.5 Å². The zero-order valence-corrected chi connectivity index (χ0v) is 12.9. The number of halogens is 2. The number of alkyl halides is 2. The topological polar surface area (TPSA) is 72.1 Å². The van der Waals surface area contributed by atoms with Gasteiger partial charge < -0.3 is 9.32 Å². The average molecular weight is 334 g/mol. The molecule has 0 N–H and O–H groups in total. The molecular weight excluding hydrogens is 318 g/mol. The van der Waals surface area contributed by atoms with Crippen molar-refractivity contribution in [3.63, 3.8) is 0 Å². The molecule has 1 aliphatic heterocycles. The molecule has 0 bridgehead atoms. The van der Waals surface area contributed by atoms with Crippen molar-refractivity contribution in [2.45, 2.75) is 51.1 Å². The predicted molar refractivity (Wildman–Crippen MR) is 79.2 cm³/mol. The molecule has 126 valence electrons. The Bertz CT molecular complexity index is 771. The van der Waals surface area contributed by atoms with Crippen molar-refractivity contribution >= 4 is 5.91 Å². The normalized spacial score (nSPS) is 18.5. The second kappa shape index (κ2) is 5.92. The van der Waals surface area contributed by atoms with E-state index in [1.54, 1.807) is 6.07 Å². The van der Waals surface area contributed by atoms with Crippen LogP contribution in [0.4, 0.5) is 8.78 Å². The summed E-state index contributed by atoms with van der Waals surface area (Å²) in [6.07, 6.45) is 4.21. The minimum absolute atomic E-state index is 0.0514. The number of carbonyl (C=O) groups excluding carboxylic acids is 1. The third-order valence-electron chi connectivity index (χ3n) is 4.67. The van der Waals surface area contributed by atoms with Crippen molar-refractivity contribution in [3.05, 3.63) is 29.4 Å². The Labute approximate surface area is 136 Å². The second-order valence-corrected chi connectivity index (χ2v) is 6.19. The maximum absolute atomic E-state index is 12.7. The van der Waals surface area contributed by atoms with E-state index in [1.165, 1.54) is 12.6 Å². The molecule has 1 fully saturated rings. The fourth-order valence-electron chi connectivity index (χ4n) is 3.44. The number of hydrogen-bond acceptors (Lipinski definition) is 5. The minimum atomic E-state index is -2.82. The standard InChI is InChI=1S/C16H16F2N4O2/c17-13(18)15-21-20-14(24-15)9-6-11-12(19-7-9)8-22(16(11)23)10-4-2-1-3-5-10/h6-7,10,13H,1-5,8H2. The number of nitrogens with zero attached hydrogens (tertiary/aromatic N) is 4. The van der Waals surface area contributed by atoms with Crippen LogP contribution in [0.25, 0.3) is 11.5 Å². The molecule has 8 heteroatoms. The van der Waals surface area contributed by atoms with Crippen molar-refractivity contribution in [2.24, 2.45) is 0 Å². The van der Waals surface area contributed by atoms with Crippen molar-refractivity contribution in [2.75, 3.05) is 0 Å². The second-order valence-electron chi connectivity index (χ2n) is 6.19. The molecule has 0 atom stereocenters. The Morgan fingerprint density at radius 3 is 2.71 bits per heavy atom. The zero-order chi connectivity index (χ0) is 16.7. The number of carbonyl (C=O) groups is 1. The lowest BCUT2D eigenvalue weighted by atomic mass is 9.94. The Balaban J connectivity index is 1.60. The summed E-state index contributed by atoms with van der Waals surface area (Å²) in [6.45, 7) is 0.505. The molecule has 2 aliphatic rings. The zero-order valence-electron chi connectivity index (χ0n) is 12.9. The molecule has 6 nitrogen and oxygen atoms in total. The Morgan fingerprint density at radius 1 is 1.21 bits per heavy atom. The third kappa shape index (κ3) is 2.55. The highest BCUT2D eigenvalue weighted by Crippen LogP contribution is 2.32. The Morgan fingerprint density at radius 2 is 2.00 bits per heavy atom. The van der Waals surface area contributed by atoms with Gasteiger partial charge in [-0.15, -0.1) is 10.2 Å². The highest BCUT2D eigenvalue weighted by Gasteiger charge is 2.34. The van der Waals surface area contributed by atoms with Gasteiger partial charge in [-0.2, -0.15) is 8.78 Å². The molecule has 0 aromatic carbocycles. The maximum Gasteiger partial charge on any atom is 0.314 e. The van der Waals surface area contributed by atoms with Gasteiger partial charge in [-0.1, -0.05) is 19.3 Å². The van der Waals surface area contributed by atoms with Gasteiger partial charge in [0.05, 0.1) is 23.4 Å². The first-order chi connectivity index (χ1) is 11.6. The smallest absolute Gasteiger partial charge is 0.314 e. The lowest BCUT2D eigenvalue weighted by Crippen LogP contribution is -2.36. The van der Waals surface area contributed by atoms with Crippen molar-refractivity contribution < 1.29 is 18.0 Å². The fraction of sp³-hybridized carbons (Fsp3) is 0.500. The first-order valence-electron chi connectivity index (χ1n) is 8.05. The molecule has 1 amide bonds.